The van der Waals surface area contributed by atoms with Crippen LogP contribution in [0.3, 0.4) is 0 Å². The number of rotatable bonds is 3. The molecule has 0 spiro atoms. The molecule has 2 aromatic heterocycles. The molecule has 0 radical (unpaired) electrons. The van der Waals surface area contributed by atoms with Crippen molar-refractivity contribution in [3.05, 3.63) is 38.2 Å². The largest absolute Gasteiger partial charge is 0.365 e. The van der Waals surface area contributed by atoms with Gasteiger partial charge in [0.15, 0.2) is 0 Å². The minimum Gasteiger partial charge on any atom is -0.365 e. The van der Waals surface area contributed by atoms with Gasteiger partial charge in [0.2, 0.25) is 0 Å². The lowest BCUT2D eigenvalue weighted by molar-refractivity contribution is 1.05. The highest BCUT2D eigenvalue weighted by molar-refractivity contribution is 14.1. The van der Waals surface area contributed by atoms with Crippen LogP contribution in [0.4, 0.5) is 5.82 Å². The van der Waals surface area contributed by atoms with E-state index in [1.165, 1.54) is 6.33 Å². The van der Waals surface area contributed by atoms with Crippen molar-refractivity contribution in [3.8, 4) is 0 Å². The zero-order chi connectivity index (χ0) is 10.7. The van der Waals surface area contributed by atoms with Gasteiger partial charge in [0.25, 0.3) is 5.56 Å². The van der Waals surface area contributed by atoms with Crippen LogP contribution in [0, 0.1) is 3.57 Å². The summed E-state index contributed by atoms with van der Waals surface area (Å²) in [6, 6.07) is 0. The van der Waals surface area contributed by atoms with E-state index in [-0.39, 0.29) is 5.56 Å². The maximum absolute atomic E-state index is 11.2. The van der Waals surface area contributed by atoms with Crippen LogP contribution in [0.15, 0.2) is 23.5 Å². The summed E-state index contributed by atoms with van der Waals surface area (Å²) < 4.78 is 0.554. The van der Waals surface area contributed by atoms with Crippen LogP contribution in [0.5, 0.6) is 0 Å². The Bertz CT molecular complexity index is 492. The van der Waals surface area contributed by atoms with Gasteiger partial charge in [0, 0.05) is 18.3 Å². The van der Waals surface area contributed by atoms with Crippen molar-refractivity contribution in [3.63, 3.8) is 0 Å². The van der Waals surface area contributed by atoms with Crippen LogP contribution in [0.25, 0.3) is 0 Å². The minimum atomic E-state index is -0.139. The molecule has 0 amide bonds. The zero-order valence-electron chi connectivity index (χ0n) is 7.62. The molecule has 0 aliphatic carbocycles. The van der Waals surface area contributed by atoms with E-state index in [1.54, 1.807) is 12.4 Å². The molecule has 0 aliphatic heterocycles. The average molecular weight is 317 g/mol. The Morgan fingerprint density at radius 3 is 3.13 bits per heavy atom. The summed E-state index contributed by atoms with van der Waals surface area (Å²) in [4.78, 5) is 17.8. The highest BCUT2D eigenvalue weighted by Crippen LogP contribution is 2.09. The third kappa shape index (κ3) is 2.35. The fourth-order valence-corrected chi connectivity index (χ4v) is 1.55. The van der Waals surface area contributed by atoms with Crippen molar-refractivity contribution in [2.24, 2.45) is 0 Å². The van der Waals surface area contributed by atoms with Gasteiger partial charge in [-0.3, -0.25) is 9.89 Å². The lowest BCUT2D eigenvalue weighted by Gasteiger charge is -2.04. The second kappa shape index (κ2) is 4.43. The van der Waals surface area contributed by atoms with E-state index in [2.05, 4.69) is 25.5 Å². The normalized spacial score (nSPS) is 10.2. The molecule has 3 N–H and O–H groups in total. The first-order valence-corrected chi connectivity index (χ1v) is 5.30. The molecule has 0 saturated carbocycles. The molecule has 0 bridgehead atoms. The predicted molar refractivity (Wildman–Crippen MR) is 63.5 cm³/mol. The molecule has 6 nitrogen and oxygen atoms in total. The van der Waals surface area contributed by atoms with Crippen LogP contribution < -0.4 is 10.9 Å². The number of anilines is 1. The van der Waals surface area contributed by atoms with Crippen LogP contribution in [-0.2, 0) is 6.54 Å². The number of halogens is 1. The van der Waals surface area contributed by atoms with Gasteiger partial charge in [-0.2, -0.15) is 5.10 Å². The first-order chi connectivity index (χ1) is 7.27. The van der Waals surface area contributed by atoms with Gasteiger partial charge >= 0.3 is 0 Å². The van der Waals surface area contributed by atoms with Crippen LogP contribution >= 0.6 is 22.6 Å². The molecule has 2 aromatic rings. The van der Waals surface area contributed by atoms with E-state index >= 15 is 0 Å². The van der Waals surface area contributed by atoms with Gasteiger partial charge in [0.1, 0.15) is 9.39 Å². The van der Waals surface area contributed by atoms with Gasteiger partial charge in [-0.25, -0.2) is 4.98 Å². The molecule has 2 heterocycles. The highest BCUT2D eigenvalue weighted by Gasteiger charge is 2.04. The Morgan fingerprint density at radius 2 is 2.40 bits per heavy atom. The topological polar surface area (TPSA) is 86.5 Å². The van der Waals surface area contributed by atoms with Gasteiger partial charge in [-0.1, -0.05) is 0 Å². The predicted octanol–water partition coefficient (Wildman–Crippen LogP) is 0.710. The molecule has 0 aliphatic rings. The van der Waals surface area contributed by atoms with Crippen molar-refractivity contribution in [2.75, 3.05) is 5.32 Å². The third-order valence-corrected chi connectivity index (χ3v) is 2.81. The van der Waals surface area contributed by atoms with E-state index < -0.39 is 0 Å². The Kier molecular flexibility index (Phi) is 2.99. The number of aromatic amines is 2. The van der Waals surface area contributed by atoms with Gasteiger partial charge < -0.3 is 10.3 Å². The minimum absolute atomic E-state index is 0.139. The van der Waals surface area contributed by atoms with E-state index in [1.807, 2.05) is 22.6 Å². The van der Waals surface area contributed by atoms with Crippen molar-refractivity contribution in [1.29, 1.82) is 0 Å². The Labute approximate surface area is 98.7 Å². The smallest absolute Gasteiger partial charge is 0.266 e. The standard InChI is InChI=1S/C8H8IN5O/c9-6-7(11-4-12-8(6)15)10-1-5-2-13-14-3-5/h2-4H,1H2,(H,13,14)(H2,10,11,12,15). The fourth-order valence-electron chi connectivity index (χ4n) is 1.07. The first-order valence-electron chi connectivity index (χ1n) is 4.22. The summed E-state index contributed by atoms with van der Waals surface area (Å²) in [5, 5.41) is 9.59. The highest BCUT2D eigenvalue weighted by atomic mass is 127. The SMILES string of the molecule is O=c1[nH]cnc(NCc2cn[nH]c2)c1I. The zero-order valence-corrected chi connectivity index (χ0v) is 9.78. The molecule has 0 atom stereocenters. The monoisotopic (exact) mass is 317 g/mol. The molecule has 0 aromatic carbocycles. The number of nitrogens with zero attached hydrogens (tertiary/aromatic N) is 2. The number of hydrogen-bond donors (Lipinski definition) is 3. The van der Waals surface area contributed by atoms with Crippen molar-refractivity contribution in [2.45, 2.75) is 6.54 Å². The summed E-state index contributed by atoms with van der Waals surface area (Å²) >= 11 is 1.95. The molecule has 0 unspecified atom stereocenters. The quantitative estimate of drug-likeness (QED) is 0.728. The summed E-state index contributed by atoms with van der Waals surface area (Å²) in [6.45, 7) is 0.586. The maximum Gasteiger partial charge on any atom is 0.266 e. The second-order valence-corrected chi connectivity index (χ2v) is 3.93. The average Bonchev–Trinajstić information content (AvgIpc) is 2.73. The van der Waals surface area contributed by atoms with E-state index in [0.717, 1.165) is 5.56 Å². The van der Waals surface area contributed by atoms with Crippen LogP contribution in [0.2, 0.25) is 0 Å². The molecule has 2 rings (SSSR count). The molecular formula is C8H8IN5O. The Hall–Kier alpha value is -1.38. The lowest BCUT2D eigenvalue weighted by Crippen LogP contribution is -2.14. The van der Waals surface area contributed by atoms with E-state index in [4.69, 9.17) is 0 Å². The second-order valence-electron chi connectivity index (χ2n) is 2.85. The molecule has 7 heteroatoms. The van der Waals surface area contributed by atoms with Crippen LogP contribution in [0.1, 0.15) is 5.56 Å². The number of hydrogen-bond acceptors (Lipinski definition) is 4. The van der Waals surface area contributed by atoms with Crippen molar-refractivity contribution < 1.29 is 0 Å². The first kappa shape index (κ1) is 10.1. The summed E-state index contributed by atoms with van der Waals surface area (Å²) in [6.07, 6.45) is 4.88. The van der Waals surface area contributed by atoms with Crippen molar-refractivity contribution in [1.82, 2.24) is 20.2 Å². The maximum atomic E-state index is 11.2. The molecular weight excluding hydrogens is 309 g/mol. The van der Waals surface area contributed by atoms with E-state index in [0.29, 0.717) is 15.9 Å². The fraction of sp³-hybridized carbons (Fsp3) is 0.125. The van der Waals surface area contributed by atoms with Gasteiger partial charge in [0.05, 0.1) is 12.5 Å². The van der Waals surface area contributed by atoms with E-state index in [9.17, 15) is 4.79 Å². The molecule has 15 heavy (non-hydrogen) atoms. The molecule has 0 saturated heterocycles. The molecule has 0 fully saturated rings. The number of H-pyrrole nitrogens is 2. The molecule has 78 valence electrons. The Balaban J connectivity index is 2.12. The van der Waals surface area contributed by atoms with Crippen LogP contribution in [-0.4, -0.2) is 20.2 Å². The Morgan fingerprint density at radius 1 is 1.53 bits per heavy atom. The third-order valence-electron chi connectivity index (χ3n) is 1.81. The van der Waals surface area contributed by atoms with Crippen molar-refractivity contribution >= 4 is 28.4 Å². The number of nitrogens with one attached hydrogen (secondary N) is 3. The van der Waals surface area contributed by atoms with Gasteiger partial charge in [-0.15, -0.1) is 0 Å². The number of aromatic nitrogens is 4. The summed E-state index contributed by atoms with van der Waals surface area (Å²) in [7, 11) is 0. The summed E-state index contributed by atoms with van der Waals surface area (Å²) in [5.41, 5.74) is 0.869. The lowest BCUT2D eigenvalue weighted by atomic mass is 10.3. The summed E-state index contributed by atoms with van der Waals surface area (Å²) in [5.74, 6) is 0.584. The van der Waals surface area contributed by atoms with Gasteiger partial charge in [-0.05, 0) is 22.6 Å².